The van der Waals surface area contributed by atoms with Crippen LogP contribution in [0.2, 0.25) is 0 Å². The summed E-state index contributed by atoms with van der Waals surface area (Å²) in [6.45, 7) is 6.36. The van der Waals surface area contributed by atoms with Gasteiger partial charge in [-0.3, -0.25) is 4.79 Å². The van der Waals surface area contributed by atoms with E-state index in [1.54, 1.807) is 4.90 Å². The predicted molar refractivity (Wildman–Crippen MR) is 91.2 cm³/mol. The van der Waals surface area contributed by atoms with E-state index in [9.17, 15) is 9.59 Å². The molecule has 1 aliphatic heterocycles. The minimum absolute atomic E-state index is 0.188. The van der Waals surface area contributed by atoms with E-state index >= 15 is 0 Å². The second-order valence-electron chi connectivity index (χ2n) is 6.20. The molecule has 1 saturated heterocycles. The number of likely N-dealkylation sites (tertiary alicyclic amines) is 1. The van der Waals surface area contributed by atoms with E-state index in [0.717, 1.165) is 9.37 Å². The second-order valence-corrected chi connectivity index (χ2v) is 8.39. The lowest BCUT2D eigenvalue weighted by Crippen LogP contribution is -2.47. The Bertz CT molecular complexity index is 554. The molecular formula is C16H20BrNO3S. The first-order chi connectivity index (χ1) is 10.2. The van der Waals surface area contributed by atoms with Gasteiger partial charge in [0, 0.05) is 28.9 Å². The van der Waals surface area contributed by atoms with Crippen LogP contribution in [0.4, 0.5) is 4.79 Å². The number of hydrogen-bond donors (Lipinski definition) is 0. The smallest absolute Gasteiger partial charge is 0.410 e. The van der Waals surface area contributed by atoms with Crippen LogP contribution in [0.1, 0.15) is 27.2 Å². The van der Waals surface area contributed by atoms with Crippen LogP contribution in [0.3, 0.4) is 0 Å². The second kappa shape index (κ2) is 7.04. The third-order valence-electron chi connectivity index (χ3n) is 3.12. The van der Waals surface area contributed by atoms with Gasteiger partial charge in [-0.15, -0.1) is 11.8 Å². The normalized spacial score (nSPS) is 19.2. The standard InChI is InChI=1S/C16H20BrNO3S/c1-16(2,3)21-15(20)18-9-8-13(19)14(10-18)22-12-6-4-11(17)5-7-12/h4-7,14H,8-10H2,1-3H3. The predicted octanol–water partition coefficient (Wildman–Crippen LogP) is 4.12. The van der Waals surface area contributed by atoms with E-state index in [0.29, 0.717) is 19.5 Å². The topological polar surface area (TPSA) is 46.6 Å². The summed E-state index contributed by atoms with van der Waals surface area (Å²) in [7, 11) is 0. The number of hydrogen-bond acceptors (Lipinski definition) is 4. The average Bonchev–Trinajstić information content (AvgIpc) is 2.41. The summed E-state index contributed by atoms with van der Waals surface area (Å²) >= 11 is 4.89. The molecule has 1 unspecified atom stereocenters. The quantitative estimate of drug-likeness (QED) is 0.767. The highest BCUT2D eigenvalue weighted by atomic mass is 79.9. The van der Waals surface area contributed by atoms with Gasteiger partial charge in [-0.2, -0.15) is 0 Å². The third-order valence-corrected chi connectivity index (χ3v) is 4.89. The van der Waals surface area contributed by atoms with Crippen molar-refractivity contribution in [1.29, 1.82) is 0 Å². The maximum Gasteiger partial charge on any atom is 0.410 e. The van der Waals surface area contributed by atoms with Crippen LogP contribution in [0, 0.1) is 0 Å². The summed E-state index contributed by atoms with van der Waals surface area (Å²) in [6, 6.07) is 7.82. The minimum Gasteiger partial charge on any atom is -0.444 e. The van der Waals surface area contributed by atoms with Gasteiger partial charge >= 0.3 is 6.09 Å². The molecule has 0 saturated carbocycles. The summed E-state index contributed by atoms with van der Waals surface area (Å²) in [5.41, 5.74) is -0.521. The highest BCUT2D eigenvalue weighted by Gasteiger charge is 2.32. The molecule has 0 bridgehead atoms. The zero-order valence-electron chi connectivity index (χ0n) is 13.0. The Kier molecular flexibility index (Phi) is 5.55. The van der Waals surface area contributed by atoms with Gasteiger partial charge in [-0.05, 0) is 45.0 Å². The Balaban J connectivity index is 2.00. The molecule has 4 nitrogen and oxygen atoms in total. The summed E-state index contributed by atoms with van der Waals surface area (Å²) in [5.74, 6) is 0.188. The maximum absolute atomic E-state index is 12.1. The Labute approximate surface area is 143 Å². The Morgan fingerprint density at radius 3 is 2.55 bits per heavy atom. The van der Waals surface area contributed by atoms with Crippen molar-refractivity contribution in [3.8, 4) is 0 Å². The van der Waals surface area contributed by atoms with Crippen molar-refractivity contribution < 1.29 is 14.3 Å². The van der Waals surface area contributed by atoms with E-state index in [1.165, 1.54) is 11.8 Å². The van der Waals surface area contributed by atoms with Crippen molar-refractivity contribution >= 4 is 39.6 Å². The molecule has 1 aromatic rings. The SMILES string of the molecule is CC(C)(C)OC(=O)N1CCC(=O)C(Sc2ccc(Br)cc2)C1. The maximum atomic E-state index is 12.1. The highest BCUT2D eigenvalue weighted by Crippen LogP contribution is 2.29. The fourth-order valence-electron chi connectivity index (χ4n) is 2.07. The summed E-state index contributed by atoms with van der Waals surface area (Å²) in [4.78, 5) is 26.9. The van der Waals surface area contributed by atoms with Gasteiger partial charge in [0.15, 0.2) is 0 Å². The molecule has 2 rings (SSSR count). The Hall–Kier alpha value is -1.01. The molecule has 0 radical (unpaired) electrons. The number of ketones is 1. The van der Waals surface area contributed by atoms with Crippen LogP contribution in [0.15, 0.2) is 33.6 Å². The van der Waals surface area contributed by atoms with Crippen molar-refractivity contribution in [3.63, 3.8) is 0 Å². The minimum atomic E-state index is -0.521. The molecule has 1 fully saturated rings. The molecule has 0 aromatic heterocycles. The highest BCUT2D eigenvalue weighted by molar-refractivity contribution is 9.10. The zero-order valence-corrected chi connectivity index (χ0v) is 15.4. The van der Waals surface area contributed by atoms with Crippen molar-refractivity contribution in [3.05, 3.63) is 28.7 Å². The number of Topliss-reactive ketones (excluding diaryl/α,β-unsaturated/α-hetero) is 1. The number of carbonyl (C=O) groups is 2. The summed E-state index contributed by atoms with van der Waals surface area (Å²) in [6.07, 6.45) is 0.0365. The number of ether oxygens (including phenoxy) is 1. The lowest BCUT2D eigenvalue weighted by atomic mass is 10.1. The number of carbonyl (C=O) groups excluding carboxylic acids is 2. The van der Waals surface area contributed by atoms with Crippen molar-refractivity contribution in [1.82, 2.24) is 4.90 Å². The molecule has 1 heterocycles. The molecule has 1 atom stereocenters. The molecule has 22 heavy (non-hydrogen) atoms. The monoisotopic (exact) mass is 385 g/mol. The van der Waals surface area contributed by atoms with Gasteiger partial charge < -0.3 is 9.64 Å². The van der Waals surface area contributed by atoms with E-state index in [2.05, 4.69) is 15.9 Å². The lowest BCUT2D eigenvalue weighted by Gasteiger charge is -2.33. The first-order valence-corrected chi connectivity index (χ1v) is 8.85. The number of benzene rings is 1. The molecule has 6 heteroatoms. The molecule has 1 aromatic carbocycles. The van der Waals surface area contributed by atoms with Gasteiger partial charge in [0.05, 0.1) is 5.25 Å². The van der Waals surface area contributed by atoms with E-state index in [-0.39, 0.29) is 17.1 Å². The van der Waals surface area contributed by atoms with Crippen LogP contribution in [-0.2, 0) is 9.53 Å². The molecule has 1 amide bonds. The number of nitrogens with zero attached hydrogens (tertiary/aromatic N) is 1. The van der Waals surface area contributed by atoms with Crippen molar-refractivity contribution in [2.24, 2.45) is 0 Å². The van der Waals surface area contributed by atoms with Crippen LogP contribution >= 0.6 is 27.7 Å². The van der Waals surface area contributed by atoms with Gasteiger partial charge in [0.25, 0.3) is 0 Å². The van der Waals surface area contributed by atoms with E-state index in [1.807, 2.05) is 45.0 Å². The third kappa shape index (κ3) is 5.02. The first kappa shape index (κ1) is 17.3. The summed E-state index contributed by atoms with van der Waals surface area (Å²) in [5, 5.41) is -0.234. The number of piperidine rings is 1. The average molecular weight is 386 g/mol. The lowest BCUT2D eigenvalue weighted by molar-refractivity contribution is -0.120. The molecule has 120 valence electrons. The number of rotatable bonds is 2. The van der Waals surface area contributed by atoms with E-state index < -0.39 is 5.60 Å². The van der Waals surface area contributed by atoms with Crippen molar-refractivity contribution in [2.75, 3.05) is 13.1 Å². The van der Waals surface area contributed by atoms with Gasteiger partial charge in [0.2, 0.25) is 0 Å². The number of halogens is 1. The molecule has 0 spiro atoms. The molecule has 1 aliphatic rings. The van der Waals surface area contributed by atoms with Crippen LogP contribution < -0.4 is 0 Å². The Morgan fingerprint density at radius 2 is 1.95 bits per heavy atom. The molecular weight excluding hydrogens is 366 g/mol. The molecule has 0 aliphatic carbocycles. The zero-order chi connectivity index (χ0) is 16.3. The van der Waals surface area contributed by atoms with E-state index in [4.69, 9.17) is 4.74 Å². The fraction of sp³-hybridized carbons (Fsp3) is 0.500. The number of thioether (sulfide) groups is 1. The van der Waals surface area contributed by atoms with Gasteiger partial charge in [0.1, 0.15) is 11.4 Å². The molecule has 0 N–H and O–H groups in total. The fourth-order valence-corrected chi connectivity index (χ4v) is 3.46. The van der Waals surface area contributed by atoms with Crippen LogP contribution in [-0.4, -0.2) is 40.7 Å². The first-order valence-electron chi connectivity index (χ1n) is 7.17. The summed E-state index contributed by atoms with van der Waals surface area (Å²) < 4.78 is 6.39. The Morgan fingerprint density at radius 1 is 1.32 bits per heavy atom. The van der Waals surface area contributed by atoms with Crippen LogP contribution in [0.25, 0.3) is 0 Å². The van der Waals surface area contributed by atoms with Gasteiger partial charge in [-0.25, -0.2) is 4.79 Å². The van der Waals surface area contributed by atoms with Crippen LogP contribution in [0.5, 0.6) is 0 Å². The largest absolute Gasteiger partial charge is 0.444 e. The van der Waals surface area contributed by atoms with Gasteiger partial charge in [-0.1, -0.05) is 15.9 Å². The number of amides is 1. The van der Waals surface area contributed by atoms with Crippen molar-refractivity contribution in [2.45, 2.75) is 42.9 Å².